The highest BCUT2D eigenvalue weighted by Gasteiger charge is 2.18. The van der Waals surface area contributed by atoms with Crippen LogP contribution in [-0.2, 0) is 4.74 Å². The van der Waals surface area contributed by atoms with Gasteiger partial charge in [0.1, 0.15) is 18.8 Å². The third-order valence-electron chi connectivity index (χ3n) is 3.77. The zero-order valence-corrected chi connectivity index (χ0v) is 14.6. The Bertz CT molecular complexity index is 813. The van der Waals surface area contributed by atoms with Crippen molar-refractivity contribution < 1.29 is 26.8 Å². The van der Waals surface area contributed by atoms with Gasteiger partial charge in [0.2, 0.25) is 0 Å². The molecule has 2 aromatic carbocycles. The van der Waals surface area contributed by atoms with Crippen molar-refractivity contribution in [1.82, 2.24) is 4.57 Å². The summed E-state index contributed by atoms with van der Waals surface area (Å²) in [6.45, 7) is 1.20. The molecule has 1 aromatic heterocycles. The van der Waals surface area contributed by atoms with E-state index in [1.807, 2.05) is 79.3 Å². The van der Waals surface area contributed by atoms with Gasteiger partial charge in [0.05, 0.1) is 19.6 Å². The Kier molecular flexibility index (Phi) is 6.01. The van der Waals surface area contributed by atoms with E-state index in [1.54, 1.807) is 0 Å². The lowest BCUT2D eigenvalue weighted by Gasteiger charge is -2.11. The number of esters is 1. The second kappa shape index (κ2) is 7.99. The van der Waals surface area contributed by atoms with Gasteiger partial charge in [-0.2, -0.15) is 0 Å². The zero-order chi connectivity index (χ0) is 16.2. The second-order valence-electron chi connectivity index (χ2n) is 5.85. The summed E-state index contributed by atoms with van der Waals surface area (Å²) in [6, 6.07) is 19.8. The lowest BCUT2D eigenvalue weighted by atomic mass is 10.2. The minimum Gasteiger partial charge on any atom is -1.00 e. The van der Waals surface area contributed by atoms with Crippen LogP contribution >= 0.6 is 0 Å². The molecule has 1 N–H and O–H groups in total. The van der Waals surface area contributed by atoms with Crippen molar-refractivity contribution in [2.24, 2.45) is 0 Å². The number of benzene rings is 2. The van der Waals surface area contributed by atoms with E-state index in [9.17, 15) is 4.79 Å². The SMILES string of the molecule is C[NH+](C)CCOC(=O)c1cc2ccccc2n1-c1ccccc1.[Cl-]. The first-order chi connectivity index (χ1) is 11.2. The molecule has 0 spiro atoms. The number of ether oxygens (including phenoxy) is 1. The van der Waals surface area contributed by atoms with E-state index in [1.165, 1.54) is 4.90 Å². The molecule has 0 bridgehead atoms. The molecule has 0 saturated carbocycles. The average molecular weight is 345 g/mol. The molecule has 24 heavy (non-hydrogen) atoms. The number of nitrogens with one attached hydrogen (secondary N) is 1. The highest BCUT2D eigenvalue weighted by atomic mass is 35.5. The van der Waals surface area contributed by atoms with Gasteiger partial charge in [-0.05, 0) is 24.3 Å². The van der Waals surface area contributed by atoms with Crippen LogP contribution in [0, 0.1) is 0 Å². The Morgan fingerprint density at radius 1 is 1.04 bits per heavy atom. The van der Waals surface area contributed by atoms with E-state index in [4.69, 9.17) is 4.74 Å². The number of quaternary nitrogens is 1. The molecule has 0 aliphatic carbocycles. The molecule has 0 fully saturated rings. The third-order valence-corrected chi connectivity index (χ3v) is 3.77. The summed E-state index contributed by atoms with van der Waals surface area (Å²) >= 11 is 0. The van der Waals surface area contributed by atoms with E-state index in [-0.39, 0.29) is 18.4 Å². The fraction of sp³-hybridized carbons (Fsp3) is 0.211. The Balaban J connectivity index is 0.00000208. The number of fused-ring (bicyclic) bond motifs is 1. The minimum absolute atomic E-state index is 0. The molecule has 0 atom stereocenters. The van der Waals surface area contributed by atoms with E-state index in [2.05, 4.69) is 0 Å². The van der Waals surface area contributed by atoms with Crippen molar-refractivity contribution in [2.75, 3.05) is 27.2 Å². The summed E-state index contributed by atoms with van der Waals surface area (Å²) in [5, 5.41) is 1.03. The van der Waals surface area contributed by atoms with Gasteiger partial charge in [-0.15, -0.1) is 0 Å². The lowest BCUT2D eigenvalue weighted by molar-refractivity contribution is -0.858. The number of hydrogen-bond acceptors (Lipinski definition) is 2. The average Bonchev–Trinajstić information content (AvgIpc) is 2.95. The monoisotopic (exact) mass is 344 g/mol. The van der Waals surface area contributed by atoms with Crippen molar-refractivity contribution >= 4 is 16.9 Å². The fourth-order valence-electron chi connectivity index (χ4n) is 2.58. The standard InChI is InChI=1S/C19H20N2O2.ClH/c1-20(2)12-13-23-19(22)18-14-15-8-6-7-11-17(15)21(18)16-9-4-3-5-10-16;/h3-11,14H,12-13H2,1-2H3;1H. The predicted molar refractivity (Wildman–Crippen MR) is 91.2 cm³/mol. The molecule has 0 aliphatic heterocycles. The normalized spacial score (nSPS) is 10.6. The number of nitrogens with zero attached hydrogens (tertiary/aromatic N) is 1. The number of carbonyl (C=O) groups is 1. The Labute approximate surface area is 148 Å². The second-order valence-corrected chi connectivity index (χ2v) is 5.85. The van der Waals surface area contributed by atoms with Gasteiger partial charge in [0, 0.05) is 11.1 Å². The van der Waals surface area contributed by atoms with Crippen molar-refractivity contribution in [2.45, 2.75) is 0 Å². The molecule has 0 saturated heterocycles. The van der Waals surface area contributed by atoms with Crippen molar-refractivity contribution in [1.29, 1.82) is 0 Å². The number of hydrogen-bond donors (Lipinski definition) is 1. The van der Waals surface area contributed by atoms with Crippen LogP contribution in [0.3, 0.4) is 0 Å². The van der Waals surface area contributed by atoms with Crippen LogP contribution in [0.5, 0.6) is 0 Å². The van der Waals surface area contributed by atoms with Crippen LogP contribution in [0.15, 0.2) is 60.7 Å². The number of carbonyl (C=O) groups excluding carboxylic acids is 1. The summed E-state index contributed by atoms with van der Waals surface area (Å²) in [7, 11) is 4.07. The number of para-hydroxylation sites is 2. The first-order valence-corrected chi connectivity index (χ1v) is 7.79. The number of aromatic nitrogens is 1. The molecular formula is C19H21ClN2O2. The first-order valence-electron chi connectivity index (χ1n) is 7.79. The van der Waals surface area contributed by atoms with E-state index in [0.717, 1.165) is 23.1 Å². The predicted octanol–water partition coefficient (Wildman–Crippen LogP) is -1.06. The van der Waals surface area contributed by atoms with Gasteiger partial charge in [-0.1, -0.05) is 36.4 Å². The molecule has 0 aliphatic rings. The van der Waals surface area contributed by atoms with E-state index >= 15 is 0 Å². The van der Waals surface area contributed by atoms with Crippen LogP contribution in [0.25, 0.3) is 16.6 Å². The van der Waals surface area contributed by atoms with Crippen LogP contribution in [0.4, 0.5) is 0 Å². The molecular weight excluding hydrogens is 324 g/mol. The van der Waals surface area contributed by atoms with E-state index in [0.29, 0.717) is 12.3 Å². The first kappa shape index (κ1) is 18.0. The zero-order valence-electron chi connectivity index (χ0n) is 13.8. The van der Waals surface area contributed by atoms with Gasteiger partial charge in [-0.25, -0.2) is 4.79 Å². The highest BCUT2D eigenvalue weighted by Crippen LogP contribution is 2.24. The topological polar surface area (TPSA) is 35.7 Å². The van der Waals surface area contributed by atoms with Gasteiger partial charge >= 0.3 is 5.97 Å². The van der Waals surface area contributed by atoms with E-state index < -0.39 is 0 Å². The van der Waals surface area contributed by atoms with Crippen LogP contribution in [0.1, 0.15) is 10.5 Å². The summed E-state index contributed by atoms with van der Waals surface area (Å²) in [6.07, 6.45) is 0. The molecule has 3 rings (SSSR count). The van der Waals surface area contributed by atoms with Crippen molar-refractivity contribution in [3.63, 3.8) is 0 Å². The molecule has 3 aromatic rings. The summed E-state index contributed by atoms with van der Waals surface area (Å²) in [5.74, 6) is -0.286. The van der Waals surface area contributed by atoms with Crippen molar-refractivity contribution in [3.8, 4) is 5.69 Å². The third kappa shape index (κ3) is 3.78. The van der Waals surface area contributed by atoms with Gasteiger partial charge in [0.25, 0.3) is 0 Å². The molecule has 0 unspecified atom stereocenters. The maximum atomic E-state index is 12.5. The Morgan fingerprint density at radius 3 is 2.42 bits per heavy atom. The summed E-state index contributed by atoms with van der Waals surface area (Å²) in [5.41, 5.74) is 2.52. The number of likely N-dealkylation sites (N-methyl/N-ethyl adjacent to an activating group) is 1. The lowest BCUT2D eigenvalue weighted by Crippen LogP contribution is -3.06. The summed E-state index contributed by atoms with van der Waals surface area (Å²) in [4.78, 5) is 13.8. The van der Waals surface area contributed by atoms with Crippen LogP contribution in [0.2, 0.25) is 0 Å². The molecule has 1 heterocycles. The molecule has 0 amide bonds. The van der Waals surface area contributed by atoms with Crippen molar-refractivity contribution in [3.05, 3.63) is 66.4 Å². The maximum Gasteiger partial charge on any atom is 0.355 e. The molecule has 0 radical (unpaired) electrons. The Morgan fingerprint density at radius 2 is 1.71 bits per heavy atom. The number of halogens is 1. The highest BCUT2D eigenvalue weighted by molar-refractivity contribution is 5.97. The van der Waals surface area contributed by atoms with Crippen LogP contribution in [-0.4, -0.2) is 37.8 Å². The largest absolute Gasteiger partial charge is 1.00 e. The Hall–Kier alpha value is -2.30. The van der Waals surface area contributed by atoms with Gasteiger partial charge < -0.3 is 26.6 Å². The van der Waals surface area contributed by atoms with Gasteiger partial charge in [-0.3, -0.25) is 0 Å². The summed E-state index contributed by atoms with van der Waals surface area (Å²) < 4.78 is 7.41. The molecule has 4 nitrogen and oxygen atoms in total. The van der Waals surface area contributed by atoms with Crippen LogP contribution < -0.4 is 17.3 Å². The minimum atomic E-state index is -0.286. The maximum absolute atomic E-state index is 12.5. The quantitative estimate of drug-likeness (QED) is 0.599. The number of rotatable bonds is 5. The van der Waals surface area contributed by atoms with Gasteiger partial charge in [0.15, 0.2) is 0 Å². The molecule has 5 heteroatoms. The fourth-order valence-corrected chi connectivity index (χ4v) is 2.58. The smallest absolute Gasteiger partial charge is 0.355 e. The molecule has 126 valence electrons.